The van der Waals surface area contributed by atoms with Gasteiger partial charge in [0, 0.05) is 45.6 Å². The lowest BCUT2D eigenvalue weighted by molar-refractivity contribution is -0.133. The SMILES string of the molecule is O=C(C[C@H]1CCS(=O)(=O)C1)N1CCN(Cc2ccc3c(c2)CCO3)CC1. The van der Waals surface area contributed by atoms with E-state index in [0.717, 1.165) is 51.5 Å². The van der Waals surface area contributed by atoms with Gasteiger partial charge in [0.05, 0.1) is 18.1 Å². The Bertz CT molecular complexity index is 785. The van der Waals surface area contributed by atoms with E-state index in [1.165, 1.54) is 11.1 Å². The van der Waals surface area contributed by atoms with E-state index < -0.39 is 9.84 Å². The van der Waals surface area contributed by atoms with Crippen LogP contribution in [0.2, 0.25) is 0 Å². The van der Waals surface area contributed by atoms with Crippen LogP contribution in [0.5, 0.6) is 5.75 Å². The highest BCUT2D eigenvalue weighted by atomic mass is 32.2. The Morgan fingerprint density at radius 1 is 1.19 bits per heavy atom. The van der Waals surface area contributed by atoms with Crippen LogP contribution in [0, 0.1) is 5.92 Å². The van der Waals surface area contributed by atoms with Gasteiger partial charge in [-0.05, 0) is 29.5 Å². The van der Waals surface area contributed by atoms with Gasteiger partial charge in [0.25, 0.3) is 0 Å². The number of piperazine rings is 1. The number of carbonyl (C=O) groups is 1. The number of carbonyl (C=O) groups excluding carboxylic acids is 1. The highest BCUT2D eigenvalue weighted by molar-refractivity contribution is 7.91. The van der Waals surface area contributed by atoms with Crippen LogP contribution in [0.15, 0.2) is 18.2 Å². The first-order chi connectivity index (χ1) is 12.5. The third-order valence-corrected chi connectivity index (χ3v) is 7.51. The first-order valence-electron chi connectivity index (χ1n) is 9.44. The van der Waals surface area contributed by atoms with Crippen molar-refractivity contribution in [2.75, 3.05) is 44.3 Å². The van der Waals surface area contributed by atoms with E-state index in [9.17, 15) is 13.2 Å². The van der Waals surface area contributed by atoms with E-state index >= 15 is 0 Å². The summed E-state index contributed by atoms with van der Waals surface area (Å²) in [5, 5.41) is 0. The van der Waals surface area contributed by atoms with Gasteiger partial charge >= 0.3 is 0 Å². The van der Waals surface area contributed by atoms with Crippen LogP contribution in [0.25, 0.3) is 0 Å². The Morgan fingerprint density at radius 3 is 2.73 bits per heavy atom. The fraction of sp³-hybridized carbons (Fsp3) is 0.632. The molecule has 6 nitrogen and oxygen atoms in total. The summed E-state index contributed by atoms with van der Waals surface area (Å²) < 4.78 is 28.6. The lowest BCUT2D eigenvalue weighted by Crippen LogP contribution is -2.48. The number of fused-ring (bicyclic) bond motifs is 1. The van der Waals surface area contributed by atoms with E-state index in [2.05, 4.69) is 23.1 Å². The maximum atomic E-state index is 12.5. The Labute approximate surface area is 155 Å². The summed E-state index contributed by atoms with van der Waals surface area (Å²) in [6, 6.07) is 6.43. The van der Waals surface area contributed by atoms with E-state index in [1.54, 1.807) is 0 Å². The molecule has 7 heteroatoms. The van der Waals surface area contributed by atoms with E-state index in [0.29, 0.717) is 12.8 Å². The van der Waals surface area contributed by atoms with Crippen LogP contribution in [-0.4, -0.2) is 68.4 Å². The molecular weight excluding hydrogens is 352 g/mol. The van der Waals surface area contributed by atoms with Gasteiger partial charge in [-0.15, -0.1) is 0 Å². The summed E-state index contributed by atoms with van der Waals surface area (Å²) >= 11 is 0. The molecule has 3 aliphatic rings. The number of sulfone groups is 1. The number of benzene rings is 1. The Morgan fingerprint density at radius 2 is 2.00 bits per heavy atom. The lowest BCUT2D eigenvalue weighted by atomic mass is 10.0. The molecule has 1 amide bonds. The van der Waals surface area contributed by atoms with Crippen LogP contribution in [0.1, 0.15) is 24.0 Å². The standard InChI is InChI=1S/C19H26N2O4S/c22-19(12-16-4-10-26(23,24)14-16)21-7-5-20(6-8-21)13-15-1-2-18-17(11-15)3-9-25-18/h1-2,11,16H,3-10,12-14H2/t16-/m1/s1. The maximum absolute atomic E-state index is 12.5. The van der Waals surface area contributed by atoms with Crippen molar-refractivity contribution in [2.24, 2.45) is 5.92 Å². The predicted octanol–water partition coefficient (Wildman–Crippen LogP) is 1.09. The van der Waals surface area contributed by atoms with Crippen molar-refractivity contribution < 1.29 is 17.9 Å². The Hall–Kier alpha value is -1.60. The van der Waals surface area contributed by atoms with Crippen molar-refractivity contribution in [3.63, 3.8) is 0 Å². The molecule has 26 heavy (non-hydrogen) atoms. The van der Waals surface area contributed by atoms with Crippen LogP contribution < -0.4 is 4.74 Å². The zero-order chi connectivity index (χ0) is 18.1. The zero-order valence-corrected chi connectivity index (χ0v) is 15.8. The Kier molecular flexibility index (Phi) is 4.92. The average molecular weight is 378 g/mol. The van der Waals surface area contributed by atoms with Gasteiger partial charge in [0.1, 0.15) is 5.75 Å². The molecule has 4 rings (SSSR count). The zero-order valence-electron chi connectivity index (χ0n) is 15.0. The topological polar surface area (TPSA) is 66.9 Å². The van der Waals surface area contributed by atoms with Crippen LogP contribution in [0.3, 0.4) is 0 Å². The molecule has 2 saturated heterocycles. The highest BCUT2D eigenvalue weighted by Gasteiger charge is 2.31. The first-order valence-corrected chi connectivity index (χ1v) is 11.3. The Balaban J connectivity index is 1.25. The molecule has 3 aliphatic heterocycles. The monoisotopic (exact) mass is 378 g/mol. The fourth-order valence-corrected chi connectivity index (χ4v) is 6.02. The summed E-state index contributed by atoms with van der Waals surface area (Å²) in [4.78, 5) is 16.7. The number of ether oxygens (including phenoxy) is 1. The molecule has 0 spiro atoms. The first kappa shape index (κ1) is 17.8. The maximum Gasteiger partial charge on any atom is 0.222 e. The van der Waals surface area contributed by atoms with Crippen LogP contribution in [-0.2, 0) is 27.6 Å². The second-order valence-corrected chi connectivity index (χ2v) is 9.90. The molecule has 0 bridgehead atoms. The average Bonchev–Trinajstić information content (AvgIpc) is 3.21. The second kappa shape index (κ2) is 7.19. The van der Waals surface area contributed by atoms with Crippen molar-refractivity contribution >= 4 is 15.7 Å². The summed E-state index contributed by atoms with van der Waals surface area (Å²) in [5.74, 6) is 1.56. The molecule has 2 fully saturated rings. The predicted molar refractivity (Wildman–Crippen MR) is 98.9 cm³/mol. The number of hydrogen-bond donors (Lipinski definition) is 0. The lowest BCUT2D eigenvalue weighted by Gasteiger charge is -2.35. The molecule has 1 atom stereocenters. The molecule has 0 saturated carbocycles. The van der Waals surface area contributed by atoms with Crippen LogP contribution in [0.4, 0.5) is 0 Å². The fourth-order valence-electron chi connectivity index (χ4n) is 4.16. The van der Waals surface area contributed by atoms with Crippen molar-refractivity contribution in [3.8, 4) is 5.75 Å². The molecule has 3 heterocycles. The summed E-state index contributed by atoms with van der Waals surface area (Å²) in [6.07, 6.45) is 2.00. The molecule has 0 radical (unpaired) electrons. The minimum atomic E-state index is -2.91. The number of nitrogens with zero attached hydrogens (tertiary/aromatic N) is 2. The second-order valence-electron chi connectivity index (χ2n) is 7.67. The minimum Gasteiger partial charge on any atom is -0.493 e. The smallest absolute Gasteiger partial charge is 0.222 e. The van der Waals surface area contributed by atoms with Gasteiger partial charge in [-0.2, -0.15) is 0 Å². The van der Waals surface area contributed by atoms with E-state index in [-0.39, 0.29) is 23.3 Å². The molecule has 0 N–H and O–H groups in total. The molecule has 1 aromatic carbocycles. The van der Waals surface area contributed by atoms with Gasteiger partial charge in [-0.3, -0.25) is 9.69 Å². The summed E-state index contributed by atoms with van der Waals surface area (Å²) in [6.45, 7) is 4.86. The number of rotatable bonds is 4. The molecule has 142 valence electrons. The molecule has 0 unspecified atom stereocenters. The quantitative estimate of drug-likeness (QED) is 0.785. The third kappa shape index (κ3) is 4.04. The van der Waals surface area contributed by atoms with Gasteiger partial charge < -0.3 is 9.64 Å². The van der Waals surface area contributed by atoms with Crippen molar-refractivity contribution in [3.05, 3.63) is 29.3 Å². The van der Waals surface area contributed by atoms with Crippen LogP contribution >= 0.6 is 0 Å². The van der Waals surface area contributed by atoms with Gasteiger partial charge in [0.15, 0.2) is 9.84 Å². The van der Waals surface area contributed by atoms with Crippen molar-refractivity contribution in [1.82, 2.24) is 9.80 Å². The minimum absolute atomic E-state index is 0.0131. The van der Waals surface area contributed by atoms with Gasteiger partial charge in [-0.1, -0.05) is 12.1 Å². The van der Waals surface area contributed by atoms with Gasteiger partial charge in [0.2, 0.25) is 5.91 Å². The summed E-state index contributed by atoms with van der Waals surface area (Å²) in [5.41, 5.74) is 2.59. The number of amides is 1. The molecule has 1 aromatic rings. The molecule has 0 aliphatic carbocycles. The third-order valence-electron chi connectivity index (χ3n) is 5.68. The van der Waals surface area contributed by atoms with Crippen molar-refractivity contribution in [2.45, 2.75) is 25.8 Å². The largest absolute Gasteiger partial charge is 0.493 e. The van der Waals surface area contributed by atoms with E-state index in [1.807, 2.05) is 4.90 Å². The van der Waals surface area contributed by atoms with Gasteiger partial charge in [-0.25, -0.2) is 8.42 Å². The highest BCUT2D eigenvalue weighted by Crippen LogP contribution is 2.27. The van der Waals surface area contributed by atoms with E-state index in [4.69, 9.17) is 4.74 Å². The summed E-state index contributed by atoms with van der Waals surface area (Å²) in [7, 11) is -2.91. The number of hydrogen-bond acceptors (Lipinski definition) is 5. The van der Waals surface area contributed by atoms with Crippen molar-refractivity contribution in [1.29, 1.82) is 0 Å². The molecular formula is C19H26N2O4S. The normalized spacial score (nSPS) is 25.1. The molecule has 0 aromatic heterocycles.